The van der Waals surface area contributed by atoms with E-state index in [1.54, 1.807) is 6.07 Å². The number of nitrogens with zero attached hydrogens (tertiary/aromatic N) is 2. The maximum atomic E-state index is 11.0. The van der Waals surface area contributed by atoms with E-state index < -0.39 is 0 Å². The van der Waals surface area contributed by atoms with Crippen molar-refractivity contribution in [1.29, 1.82) is 0 Å². The first-order valence-electron chi connectivity index (χ1n) is 8.35. The zero-order valence-electron chi connectivity index (χ0n) is 14.7. The Kier molecular flexibility index (Phi) is 6.50. The molecule has 0 fully saturated rings. The van der Waals surface area contributed by atoms with Gasteiger partial charge < -0.3 is 0 Å². The van der Waals surface area contributed by atoms with Gasteiger partial charge in [0.25, 0.3) is 0 Å². The number of benzene rings is 2. The van der Waals surface area contributed by atoms with Crippen LogP contribution >= 0.6 is 34.5 Å². The molecule has 0 unspecified atom stereocenters. The minimum absolute atomic E-state index is 0.162. The van der Waals surface area contributed by atoms with Crippen LogP contribution in [0, 0.1) is 17.0 Å². The van der Waals surface area contributed by atoms with Crippen LogP contribution in [0.4, 0.5) is 5.00 Å². The summed E-state index contributed by atoms with van der Waals surface area (Å²) in [6.07, 6.45) is 0. The van der Waals surface area contributed by atoms with Crippen LogP contribution < -0.4 is 0 Å². The second-order valence-corrected chi connectivity index (χ2v) is 8.43. The average Bonchev–Trinajstić information content (AvgIpc) is 3.05. The van der Waals surface area contributed by atoms with E-state index in [0.29, 0.717) is 29.7 Å². The van der Waals surface area contributed by atoms with Gasteiger partial charge in [-0.15, -0.1) is 0 Å². The van der Waals surface area contributed by atoms with E-state index in [2.05, 4.69) is 11.0 Å². The minimum Gasteiger partial charge on any atom is -0.290 e. The van der Waals surface area contributed by atoms with Crippen LogP contribution in [0.5, 0.6) is 0 Å². The van der Waals surface area contributed by atoms with E-state index in [1.807, 2.05) is 49.4 Å². The Balaban J connectivity index is 1.82. The van der Waals surface area contributed by atoms with Crippen molar-refractivity contribution in [2.75, 3.05) is 0 Å². The van der Waals surface area contributed by atoms with Gasteiger partial charge in [0.05, 0.1) is 4.92 Å². The lowest BCUT2D eigenvalue weighted by Gasteiger charge is -2.22. The van der Waals surface area contributed by atoms with Crippen LogP contribution in [-0.4, -0.2) is 9.82 Å². The third-order valence-corrected chi connectivity index (χ3v) is 5.53. The number of thiophene rings is 1. The molecule has 0 N–H and O–H groups in total. The molecule has 0 atom stereocenters. The summed E-state index contributed by atoms with van der Waals surface area (Å²) >= 11 is 13.4. The molecule has 0 spiro atoms. The first-order valence-corrected chi connectivity index (χ1v) is 9.92. The third kappa shape index (κ3) is 5.78. The SMILES string of the molecule is Cc1cc(Cl)cc(CN(Cc2ccc(Cl)cc2)Cc2ccc([N+](=O)[O-])s2)c1. The smallest absolute Gasteiger partial charge is 0.290 e. The molecule has 0 amide bonds. The second-order valence-electron chi connectivity index (χ2n) is 6.41. The largest absolute Gasteiger partial charge is 0.324 e. The van der Waals surface area contributed by atoms with Gasteiger partial charge in [-0.25, -0.2) is 0 Å². The predicted octanol–water partition coefficient (Wildman–Crippen LogP) is 6.47. The Hall–Kier alpha value is -1.92. The van der Waals surface area contributed by atoms with Gasteiger partial charge in [0.1, 0.15) is 0 Å². The normalized spacial score (nSPS) is 11.1. The van der Waals surface area contributed by atoms with Gasteiger partial charge in [-0.05, 0) is 53.9 Å². The predicted molar refractivity (Wildman–Crippen MR) is 112 cm³/mol. The summed E-state index contributed by atoms with van der Waals surface area (Å²) in [5.41, 5.74) is 3.35. The van der Waals surface area contributed by atoms with Crippen molar-refractivity contribution in [3.63, 3.8) is 0 Å². The van der Waals surface area contributed by atoms with Crippen molar-refractivity contribution in [3.8, 4) is 0 Å². The van der Waals surface area contributed by atoms with Crippen LogP contribution in [0.1, 0.15) is 21.6 Å². The van der Waals surface area contributed by atoms with E-state index in [4.69, 9.17) is 23.2 Å². The molecule has 0 aliphatic heterocycles. The molecule has 0 radical (unpaired) electrons. The van der Waals surface area contributed by atoms with Gasteiger partial charge in [0.2, 0.25) is 0 Å². The van der Waals surface area contributed by atoms with E-state index in [-0.39, 0.29) is 9.92 Å². The molecule has 3 aromatic rings. The lowest BCUT2D eigenvalue weighted by Crippen LogP contribution is -2.22. The van der Waals surface area contributed by atoms with Crippen molar-refractivity contribution in [2.45, 2.75) is 26.6 Å². The topological polar surface area (TPSA) is 46.4 Å². The highest BCUT2D eigenvalue weighted by molar-refractivity contribution is 7.15. The molecule has 27 heavy (non-hydrogen) atoms. The van der Waals surface area contributed by atoms with Crippen molar-refractivity contribution in [3.05, 3.63) is 96.3 Å². The van der Waals surface area contributed by atoms with Gasteiger partial charge in [-0.3, -0.25) is 15.0 Å². The van der Waals surface area contributed by atoms with Gasteiger partial charge in [-0.2, -0.15) is 0 Å². The Labute approximate surface area is 172 Å². The van der Waals surface area contributed by atoms with Gasteiger partial charge in [0.15, 0.2) is 0 Å². The number of halogens is 2. The average molecular weight is 421 g/mol. The van der Waals surface area contributed by atoms with Crippen LogP contribution in [0.3, 0.4) is 0 Å². The van der Waals surface area contributed by atoms with Crippen LogP contribution in [0.2, 0.25) is 10.0 Å². The molecule has 0 aliphatic carbocycles. The molecule has 0 aliphatic rings. The molecule has 7 heteroatoms. The summed E-state index contributed by atoms with van der Waals surface area (Å²) in [5, 5.41) is 12.5. The summed E-state index contributed by atoms with van der Waals surface area (Å²) in [4.78, 5) is 13.8. The quantitative estimate of drug-likeness (QED) is 0.324. The van der Waals surface area contributed by atoms with E-state index in [1.165, 1.54) is 11.3 Å². The molecule has 0 saturated carbocycles. The van der Waals surface area contributed by atoms with Crippen LogP contribution in [0.25, 0.3) is 0 Å². The van der Waals surface area contributed by atoms with Crippen molar-refractivity contribution in [1.82, 2.24) is 4.90 Å². The summed E-state index contributed by atoms with van der Waals surface area (Å²) in [5.74, 6) is 0. The number of rotatable bonds is 7. The summed E-state index contributed by atoms with van der Waals surface area (Å²) < 4.78 is 0. The van der Waals surface area contributed by atoms with Crippen molar-refractivity contribution < 1.29 is 4.92 Å². The molecule has 3 rings (SSSR count). The van der Waals surface area contributed by atoms with Crippen molar-refractivity contribution in [2.24, 2.45) is 0 Å². The maximum Gasteiger partial charge on any atom is 0.324 e. The zero-order valence-corrected chi connectivity index (χ0v) is 17.0. The first-order chi connectivity index (χ1) is 12.9. The number of nitro groups is 1. The summed E-state index contributed by atoms with van der Waals surface area (Å²) in [6, 6.07) is 17.1. The number of aryl methyl sites for hydroxylation is 1. The summed E-state index contributed by atoms with van der Waals surface area (Å²) in [7, 11) is 0. The summed E-state index contributed by atoms with van der Waals surface area (Å²) in [6.45, 7) is 4.03. The van der Waals surface area contributed by atoms with E-state index >= 15 is 0 Å². The Morgan fingerprint density at radius 2 is 1.63 bits per heavy atom. The maximum absolute atomic E-state index is 11.0. The first kappa shape index (κ1) is 19.8. The standard InChI is InChI=1S/C20H18Cl2N2O2S/c1-14-8-16(10-18(22)9-14)12-23(11-15-2-4-17(21)5-3-15)13-19-6-7-20(27-19)24(25)26/h2-10H,11-13H2,1H3. The Morgan fingerprint density at radius 3 is 2.26 bits per heavy atom. The second kappa shape index (κ2) is 8.85. The zero-order chi connectivity index (χ0) is 19.4. The van der Waals surface area contributed by atoms with Crippen LogP contribution in [0.15, 0.2) is 54.6 Å². The molecular weight excluding hydrogens is 403 g/mol. The highest BCUT2D eigenvalue weighted by Crippen LogP contribution is 2.27. The fourth-order valence-corrected chi connectivity index (χ4v) is 4.25. The minimum atomic E-state index is -0.349. The molecule has 4 nitrogen and oxygen atoms in total. The lowest BCUT2D eigenvalue weighted by molar-refractivity contribution is -0.380. The molecule has 2 aromatic carbocycles. The Morgan fingerprint density at radius 1 is 0.926 bits per heavy atom. The Bertz CT molecular complexity index is 921. The third-order valence-electron chi connectivity index (χ3n) is 4.03. The van der Waals surface area contributed by atoms with Crippen molar-refractivity contribution >= 4 is 39.5 Å². The molecule has 0 saturated heterocycles. The molecule has 1 heterocycles. The van der Waals surface area contributed by atoms with Crippen LogP contribution in [-0.2, 0) is 19.6 Å². The highest BCUT2D eigenvalue weighted by Gasteiger charge is 2.14. The highest BCUT2D eigenvalue weighted by atomic mass is 35.5. The molecule has 1 aromatic heterocycles. The lowest BCUT2D eigenvalue weighted by atomic mass is 10.1. The van der Waals surface area contributed by atoms with Gasteiger partial charge in [0, 0.05) is 40.6 Å². The fourth-order valence-electron chi connectivity index (χ4n) is 2.95. The van der Waals surface area contributed by atoms with E-state index in [9.17, 15) is 10.1 Å². The molecule has 0 bridgehead atoms. The molecular formula is C20H18Cl2N2O2S. The monoisotopic (exact) mass is 420 g/mol. The van der Waals surface area contributed by atoms with Gasteiger partial charge in [-0.1, -0.05) is 52.7 Å². The fraction of sp³-hybridized carbons (Fsp3) is 0.200. The number of hydrogen-bond donors (Lipinski definition) is 0. The molecule has 140 valence electrons. The van der Waals surface area contributed by atoms with Gasteiger partial charge >= 0.3 is 5.00 Å². The van der Waals surface area contributed by atoms with E-state index in [0.717, 1.165) is 21.6 Å². The number of hydrogen-bond acceptors (Lipinski definition) is 4.